The summed E-state index contributed by atoms with van der Waals surface area (Å²) in [5, 5.41) is 3.63. The third-order valence-corrected chi connectivity index (χ3v) is 4.37. The van der Waals surface area contributed by atoms with Crippen molar-refractivity contribution in [2.75, 3.05) is 5.32 Å². The fraction of sp³-hybridized carbons (Fsp3) is 0.188. The van der Waals surface area contributed by atoms with Crippen molar-refractivity contribution in [3.63, 3.8) is 0 Å². The molecule has 0 saturated carbocycles. The molecule has 24 heavy (non-hydrogen) atoms. The van der Waals surface area contributed by atoms with Crippen molar-refractivity contribution in [1.82, 2.24) is 10.3 Å². The lowest BCUT2D eigenvalue weighted by molar-refractivity contribution is 0.577. The summed E-state index contributed by atoms with van der Waals surface area (Å²) in [6.07, 6.45) is 0. The standard InChI is InChI=1S/C16H19ClN4O2S/c1-12(2)18-16(19-14-10-8-13(17)9-11-14)20-21-24(22,23)15-6-4-3-5-7-15/h3-12,21H,1-2H3,(H2,18,19,20). The number of nitrogens with one attached hydrogen (secondary N) is 3. The number of benzene rings is 2. The predicted molar refractivity (Wildman–Crippen MR) is 97.5 cm³/mol. The van der Waals surface area contributed by atoms with E-state index in [1.165, 1.54) is 12.1 Å². The van der Waals surface area contributed by atoms with E-state index in [-0.39, 0.29) is 16.9 Å². The summed E-state index contributed by atoms with van der Waals surface area (Å²) >= 11 is 5.86. The van der Waals surface area contributed by atoms with E-state index in [0.717, 1.165) is 5.69 Å². The highest BCUT2D eigenvalue weighted by Crippen LogP contribution is 2.13. The van der Waals surface area contributed by atoms with Gasteiger partial charge in [0.25, 0.3) is 10.0 Å². The number of aliphatic imine (C=N–C) groups is 1. The molecule has 0 amide bonds. The molecule has 0 aliphatic carbocycles. The monoisotopic (exact) mass is 366 g/mol. The number of anilines is 1. The molecule has 0 spiro atoms. The number of hydrogen-bond donors (Lipinski definition) is 3. The zero-order chi connectivity index (χ0) is 17.6. The van der Waals surface area contributed by atoms with Gasteiger partial charge in [0.2, 0.25) is 5.96 Å². The zero-order valence-corrected chi connectivity index (χ0v) is 14.9. The second-order valence-electron chi connectivity index (χ2n) is 5.25. The van der Waals surface area contributed by atoms with Crippen molar-refractivity contribution < 1.29 is 8.42 Å². The van der Waals surface area contributed by atoms with E-state index in [9.17, 15) is 8.42 Å². The van der Waals surface area contributed by atoms with E-state index in [2.05, 4.69) is 20.6 Å². The maximum Gasteiger partial charge on any atom is 0.257 e. The summed E-state index contributed by atoms with van der Waals surface area (Å²) in [6.45, 7) is 3.77. The topological polar surface area (TPSA) is 82.6 Å². The van der Waals surface area contributed by atoms with Crippen LogP contribution >= 0.6 is 11.6 Å². The molecule has 0 fully saturated rings. The number of hydrogen-bond acceptors (Lipinski definition) is 3. The maximum atomic E-state index is 12.2. The van der Waals surface area contributed by atoms with Crippen molar-refractivity contribution in [2.45, 2.75) is 24.8 Å². The quantitative estimate of drug-likeness (QED) is 0.431. The molecule has 0 aliphatic heterocycles. The van der Waals surface area contributed by atoms with Gasteiger partial charge in [-0.25, -0.2) is 13.4 Å². The molecule has 2 rings (SSSR count). The van der Waals surface area contributed by atoms with Crippen LogP contribution in [-0.4, -0.2) is 20.4 Å². The Morgan fingerprint density at radius 1 is 1.04 bits per heavy atom. The summed E-state index contributed by atoms with van der Waals surface area (Å²) in [7, 11) is -3.69. The number of nitrogens with zero attached hydrogens (tertiary/aromatic N) is 1. The minimum atomic E-state index is -3.69. The van der Waals surface area contributed by atoms with Crippen LogP contribution in [0.15, 0.2) is 64.5 Å². The van der Waals surface area contributed by atoms with Gasteiger partial charge in [0, 0.05) is 16.8 Å². The first kappa shape index (κ1) is 18.3. The molecule has 128 valence electrons. The Morgan fingerprint density at radius 2 is 1.67 bits per heavy atom. The lowest BCUT2D eigenvalue weighted by atomic mass is 10.3. The second kappa shape index (κ2) is 8.14. The van der Waals surface area contributed by atoms with E-state index < -0.39 is 10.0 Å². The van der Waals surface area contributed by atoms with E-state index in [1.807, 2.05) is 13.8 Å². The van der Waals surface area contributed by atoms with Gasteiger partial charge in [0.15, 0.2) is 0 Å². The van der Waals surface area contributed by atoms with Crippen molar-refractivity contribution in [1.29, 1.82) is 0 Å². The highest BCUT2D eigenvalue weighted by molar-refractivity contribution is 7.89. The largest absolute Gasteiger partial charge is 0.325 e. The average molecular weight is 367 g/mol. The molecular formula is C16H19ClN4O2S. The molecule has 0 aromatic heterocycles. The Balaban J connectivity index is 2.11. The predicted octanol–water partition coefficient (Wildman–Crippen LogP) is 3.00. The zero-order valence-electron chi connectivity index (χ0n) is 13.3. The maximum absolute atomic E-state index is 12.2. The number of rotatable bonds is 5. The SMILES string of the molecule is CC(C)N=C(NNS(=O)(=O)c1ccccc1)Nc1ccc(Cl)cc1. The van der Waals surface area contributed by atoms with E-state index >= 15 is 0 Å². The van der Waals surface area contributed by atoms with Crippen molar-refractivity contribution in [3.8, 4) is 0 Å². The molecule has 0 radical (unpaired) electrons. The van der Waals surface area contributed by atoms with E-state index in [4.69, 9.17) is 11.6 Å². The number of guanidine groups is 1. The Hall–Kier alpha value is -2.09. The van der Waals surface area contributed by atoms with Crippen LogP contribution in [0, 0.1) is 0 Å². The van der Waals surface area contributed by atoms with Gasteiger partial charge in [-0.3, -0.25) is 5.43 Å². The van der Waals surface area contributed by atoms with E-state index in [1.54, 1.807) is 42.5 Å². The smallest absolute Gasteiger partial charge is 0.257 e. The second-order valence-corrected chi connectivity index (χ2v) is 7.37. The number of halogens is 1. The molecule has 0 aliphatic rings. The minimum absolute atomic E-state index is 0.0338. The Labute approximate surface area is 147 Å². The van der Waals surface area contributed by atoms with Gasteiger partial charge in [0.1, 0.15) is 0 Å². The first-order valence-electron chi connectivity index (χ1n) is 7.30. The van der Waals surface area contributed by atoms with Crippen molar-refractivity contribution in [2.24, 2.45) is 4.99 Å². The molecule has 0 bridgehead atoms. The Morgan fingerprint density at radius 3 is 2.25 bits per heavy atom. The van der Waals surface area contributed by atoms with Crippen LogP contribution in [-0.2, 0) is 10.0 Å². The van der Waals surface area contributed by atoms with Crippen LogP contribution in [0.2, 0.25) is 5.02 Å². The lowest BCUT2D eigenvalue weighted by Gasteiger charge is -2.15. The number of hydrazine groups is 1. The van der Waals surface area contributed by atoms with Crippen LogP contribution in [0.3, 0.4) is 0 Å². The average Bonchev–Trinajstić information content (AvgIpc) is 2.55. The first-order chi connectivity index (χ1) is 11.4. The molecule has 2 aromatic carbocycles. The van der Waals surface area contributed by atoms with Gasteiger partial charge in [-0.2, -0.15) is 0 Å². The summed E-state index contributed by atoms with van der Waals surface area (Å²) in [4.78, 5) is 6.80. The summed E-state index contributed by atoms with van der Waals surface area (Å²) < 4.78 is 24.5. The highest BCUT2D eigenvalue weighted by atomic mass is 35.5. The first-order valence-corrected chi connectivity index (χ1v) is 9.16. The fourth-order valence-electron chi connectivity index (χ4n) is 1.80. The molecule has 0 atom stereocenters. The summed E-state index contributed by atoms with van der Waals surface area (Å²) in [5.41, 5.74) is 3.35. The van der Waals surface area contributed by atoms with Gasteiger partial charge in [-0.15, -0.1) is 4.83 Å². The molecule has 8 heteroatoms. The molecule has 0 heterocycles. The molecule has 3 N–H and O–H groups in total. The summed E-state index contributed by atoms with van der Waals surface area (Å²) in [6, 6.07) is 15.0. The Bertz CT molecular complexity index is 791. The minimum Gasteiger partial charge on any atom is -0.325 e. The van der Waals surface area contributed by atoms with Gasteiger partial charge >= 0.3 is 0 Å². The molecule has 0 unspecified atom stereocenters. The number of sulfonamides is 1. The van der Waals surface area contributed by atoms with Crippen LogP contribution in [0.25, 0.3) is 0 Å². The third kappa shape index (κ3) is 5.52. The van der Waals surface area contributed by atoms with Crippen molar-refractivity contribution in [3.05, 3.63) is 59.6 Å². The van der Waals surface area contributed by atoms with Crippen LogP contribution < -0.4 is 15.6 Å². The molecule has 0 saturated heterocycles. The molecule has 6 nitrogen and oxygen atoms in total. The molecular weight excluding hydrogens is 348 g/mol. The highest BCUT2D eigenvalue weighted by Gasteiger charge is 2.14. The van der Waals surface area contributed by atoms with Crippen LogP contribution in [0.4, 0.5) is 5.69 Å². The van der Waals surface area contributed by atoms with Gasteiger partial charge < -0.3 is 5.32 Å². The summed E-state index contributed by atoms with van der Waals surface area (Å²) in [5.74, 6) is 0.284. The van der Waals surface area contributed by atoms with Crippen LogP contribution in [0.5, 0.6) is 0 Å². The van der Waals surface area contributed by atoms with Gasteiger partial charge in [-0.05, 0) is 50.2 Å². The molecule has 2 aromatic rings. The van der Waals surface area contributed by atoms with Gasteiger partial charge in [0.05, 0.1) is 4.90 Å². The van der Waals surface area contributed by atoms with Crippen molar-refractivity contribution >= 4 is 33.3 Å². The third-order valence-electron chi connectivity index (χ3n) is 2.85. The fourth-order valence-corrected chi connectivity index (χ4v) is 2.79. The van der Waals surface area contributed by atoms with Gasteiger partial charge in [-0.1, -0.05) is 29.8 Å². The van der Waals surface area contributed by atoms with E-state index in [0.29, 0.717) is 5.02 Å². The lowest BCUT2D eigenvalue weighted by Crippen LogP contribution is -2.45. The Kier molecular flexibility index (Phi) is 6.19. The normalized spacial score (nSPS) is 12.2. The van der Waals surface area contributed by atoms with Crippen LogP contribution in [0.1, 0.15) is 13.8 Å².